The minimum atomic E-state index is -1.01. The number of methoxy groups -OCH3 is 1. The fourth-order valence-corrected chi connectivity index (χ4v) is 1.70. The Bertz CT molecular complexity index is 401. The first kappa shape index (κ1) is 12.8. The van der Waals surface area contributed by atoms with Crippen molar-refractivity contribution < 1.29 is 19.4 Å². The number of carboxylic acids is 1. The van der Waals surface area contributed by atoms with Gasteiger partial charge in [0.1, 0.15) is 0 Å². The Labute approximate surface area is 102 Å². The van der Waals surface area contributed by atoms with Crippen molar-refractivity contribution in [2.24, 2.45) is 0 Å². The predicted molar refractivity (Wildman–Crippen MR) is 63.4 cm³/mol. The number of hydrogen-bond donors (Lipinski definition) is 1. The van der Waals surface area contributed by atoms with Crippen molar-refractivity contribution in [2.45, 2.75) is 20.0 Å². The Kier molecular flexibility index (Phi) is 4.18. The summed E-state index contributed by atoms with van der Waals surface area (Å²) in [7, 11) is 1.47. The highest BCUT2D eigenvalue weighted by atomic mass is 79.9. The molecule has 0 saturated heterocycles. The van der Waals surface area contributed by atoms with E-state index in [9.17, 15) is 4.79 Å². The molecule has 0 saturated carbocycles. The zero-order chi connectivity index (χ0) is 12.3. The Hall–Kier alpha value is -1.23. The fourth-order valence-electron chi connectivity index (χ4n) is 1.20. The molecule has 1 aromatic carbocycles. The molecule has 0 radical (unpaired) electrons. The lowest BCUT2D eigenvalue weighted by molar-refractivity contribution is 0.0695. The van der Waals surface area contributed by atoms with Gasteiger partial charge < -0.3 is 14.6 Å². The predicted octanol–water partition coefficient (Wildman–Crippen LogP) is 2.94. The maximum Gasteiger partial charge on any atom is 0.336 e. The lowest BCUT2D eigenvalue weighted by atomic mass is 10.2. The van der Waals surface area contributed by atoms with Crippen LogP contribution in [0.2, 0.25) is 0 Å². The topological polar surface area (TPSA) is 55.8 Å². The van der Waals surface area contributed by atoms with E-state index in [1.165, 1.54) is 13.2 Å². The van der Waals surface area contributed by atoms with E-state index in [0.717, 1.165) is 0 Å². The molecule has 4 nitrogen and oxygen atoms in total. The molecular formula is C11H13BrO4. The SMILES string of the molecule is COc1cc(C(=O)O)c(Br)cc1OC(C)C. The Morgan fingerprint density at radius 2 is 2.00 bits per heavy atom. The highest BCUT2D eigenvalue weighted by molar-refractivity contribution is 9.10. The fraction of sp³-hybridized carbons (Fsp3) is 0.364. The van der Waals surface area contributed by atoms with Crippen LogP contribution < -0.4 is 9.47 Å². The first-order chi connectivity index (χ1) is 7.45. The molecule has 0 aliphatic heterocycles. The van der Waals surface area contributed by atoms with Crippen LogP contribution in [0.25, 0.3) is 0 Å². The first-order valence-electron chi connectivity index (χ1n) is 4.73. The second-order valence-corrected chi connectivity index (χ2v) is 4.31. The highest BCUT2D eigenvalue weighted by Gasteiger charge is 2.15. The zero-order valence-electron chi connectivity index (χ0n) is 9.28. The van der Waals surface area contributed by atoms with Gasteiger partial charge >= 0.3 is 5.97 Å². The molecule has 1 N–H and O–H groups in total. The summed E-state index contributed by atoms with van der Waals surface area (Å²) in [6.45, 7) is 3.77. The van der Waals surface area contributed by atoms with Crippen LogP contribution in [0.15, 0.2) is 16.6 Å². The molecule has 0 bridgehead atoms. The van der Waals surface area contributed by atoms with Crippen LogP contribution in [0.4, 0.5) is 0 Å². The second-order valence-electron chi connectivity index (χ2n) is 3.45. The maximum atomic E-state index is 10.9. The van der Waals surface area contributed by atoms with Crippen LogP contribution in [0.1, 0.15) is 24.2 Å². The third kappa shape index (κ3) is 2.88. The molecule has 0 atom stereocenters. The minimum Gasteiger partial charge on any atom is -0.493 e. The van der Waals surface area contributed by atoms with E-state index in [2.05, 4.69) is 15.9 Å². The molecule has 0 aliphatic rings. The number of carboxylic acid groups (broad SMARTS) is 1. The van der Waals surface area contributed by atoms with Crippen molar-refractivity contribution in [3.05, 3.63) is 22.2 Å². The zero-order valence-corrected chi connectivity index (χ0v) is 10.9. The van der Waals surface area contributed by atoms with Crippen molar-refractivity contribution in [2.75, 3.05) is 7.11 Å². The first-order valence-corrected chi connectivity index (χ1v) is 5.52. The van der Waals surface area contributed by atoms with Gasteiger partial charge in [-0.3, -0.25) is 0 Å². The molecule has 88 valence electrons. The molecular weight excluding hydrogens is 276 g/mol. The summed E-state index contributed by atoms with van der Waals surface area (Å²) in [5.74, 6) is -0.0788. The van der Waals surface area contributed by atoms with Crippen molar-refractivity contribution in [3.63, 3.8) is 0 Å². The maximum absolute atomic E-state index is 10.9. The van der Waals surface area contributed by atoms with Crippen LogP contribution in [0.3, 0.4) is 0 Å². The molecule has 0 fully saturated rings. The Morgan fingerprint density at radius 1 is 1.38 bits per heavy atom. The van der Waals surface area contributed by atoms with E-state index in [0.29, 0.717) is 16.0 Å². The molecule has 0 amide bonds. The van der Waals surface area contributed by atoms with Crippen LogP contribution in [0, 0.1) is 0 Å². The summed E-state index contributed by atoms with van der Waals surface area (Å²) < 4.78 is 11.1. The van der Waals surface area contributed by atoms with E-state index in [1.807, 2.05) is 13.8 Å². The van der Waals surface area contributed by atoms with Gasteiger partial charge in [-0.1, -0.05) is 0 Å². The van der Waals surface area contributed by atoms with E-state index in [-0.39, 0.29) is 11.7 Å². The number of aromatic carboxylic acids is 1. The number of rotatable bonds is 4. The molecule has 0 aromatic heterocycles. The van der Waals surface area contributed by atoms with Gasteiger partial charge in [-0.15, -0.1) is 0 Å². The average molecular weight is 289 g/mol. The van der Waals surface area contributed by atoms with Gasteiger partial charge in [0.2, 0.25) is 0 Å². The molecule has 0 unspecified atom stereocenters. The number of halogens is 1. The van der Waals surface area contributed by atoms with Crippen LogP contribution in [0.5, 0.6) is 11.5 Å². The van der Waals surface area contributed by atoms with Gasteiger partial charge in [-0.2, -0.15) is 0 Å². The van der Waals surface area contributed by atoms with E-state index in [1.54, 1.807) is 6.07 Å². The van der Waals surface area contributed by atoms with Crippen molar-refractivity contribution in [1.29, 1.82) is 0 Å². The molecule has 0 spiro atoms. The normalized spacial score (nSPS) is 10.3. The van der Waals surface area contributed by atoms with Crippen molar-refractivity contribution in [1.82, 2.24) is 0 Å². The number of benzene rings is 1. The second kappa shape index (κ2) is 5.21. The number of hydrogen-bond acceptors (Lipinski definition) is 3. The summed E-state index contributed by atoms with van der Waals surface area (Å²) in [4.78, 5) is 10.9. The lowest BCUT2D eigenvalue weighted by Crippen LogP contribution is -2.08. The summed E-state index contributed by atoms with van der Waals surface area (Å²) in [5.41, 5.74) is 0.146. The largest absolute Gasteiger partial charge is 0.493 e. The third-order valence-corrected chi connectivity index (χ3v) is 2.50. The van der Waals surface area contributed by atoms with Crippen LogP contribution in [-0.2, 0) is 0 Å². The molecule has 5 heteroatoms. The van der Waals surface area contributed by atoms with Gasteiger partial charge in [0, 0.05) is 4.47 Å². The lowest BCUT2D eigenvalue weighted by Gasteiger charge is -2.14. The Morgan fingerprint density at radius 3 is 2.44 bits per heavy atom. The van der Waals surface area contributed by atoms with Crippen LogP contribution in [-0.4, -0.2) is 24.3 Å². The molecule has 16 heavy (non-hydrogen) atoms. The number of carbonyl (C=O) groups is 1. The number of ether oxygens (including phenoxy) is 2. The van der Waals surface area contributed by atoms with Crippen molar-refractivity contribution >= 4 is 21.9 Å². The average Bonchev–Trinajstić information content (AvgIpc) is 2.16. The smallest absolute Gasteiger partial charge is 0.336 e. The van der Waals surface area contributed by atoms with Gasteiger partial charge in [0.05, 0.1) is 18.8 Å². The monoisotopic (exact) mass is 288 g/mol. The molecule has 1 aromatic rings. The summed E-state index contributed by atoms with van der Waals surface area (Å²) in [5, 5.41) is 8.93. The molecule has 1 rings (SSSR count). The third-order valence-electron chi connectivity index (χ3n) is 1.85. The summed E-state index contributed by atoms with van der Waals surface area (Å²) >= 11 is 3.18. The minimum absolute atomic E-state index is 0.00326. The quantitative estimate of drug-likeness (QED) is 0.926. The van der Waals surface area contributed by atoms with Gasteiger partial charge in [0.25, 0.3) is 0 Å². The summed E-state index contributed by atoms with van der Waals surface area (Å²) in [6, 6.07) is 3.03. The molecule has 0 aliphatic carbocycles. The Balaban J connectivity index is 3.21. The summed E-state index contributed by atoms with van der Waals surface area (Å²) in [6.07, 6.45) is -0.00326. The van der Waals surface area contributed by atoms with Crippen LogP contribution >= 0.6 is 15.9 Å². The van der Waals surface area contributed by atoms with Gasteiger partial charge in [0.15, 0.2) is 11.5 Å². The van der Waals surface area contributed by atoms with Crippen molar-refractivity contribution in [3.8, 4) is 11.5 Å². The van der Waals surface area contributed by atoms with Gasteiger partial charge in [-0.05, 0) is 41.9 Å². The van der Waals surface area contributed by atoms with E-state index in [4.69, 9.17) is 14.6 Å². The van der Waals surface area contributed by atoms with Gasteiger partial charge in [-0.25, -0.2) is 4.79 Å². The molecule has 0 heterocycles. The standard InChI is InChI=1S/C11H13BrO4/c1-6(2)16-10-5-8(12)7(11(13)14)4-9(10)15-3/h4-6H,1-3H3,(H,13,14). The highest BCUT2D eigenvalue weighted by Crippen LogP contribution is 2.34. The van der Waals surface area contributed by atoms with E-state index < -0.39 is 5.97 Å². The van der Waals surface area contributed by atoms with E-state index >= 15 is 0 Å².